The van der Waals surface area contributed by atoms with Gasteiger partial charge >= 0.3 is 11.9 Å². The van der Waals surface area contributed by atoms with E-state index in [4.69, 9.17) is 9.47 Å². The van der Waals surface area contributed by atoms with E-state index in [9.17, 15) is 9.59 Å². The monoisotopic (exact) mass is 417 g/mol. The Hall–Kier alpha value is -2.21. The Morgan fingerprint density at radius 1 is 1.17 bits per heavy atom. The third kappa shape index (κ3) is 6.67. The minimum atomic E-state index is -0.303. The molecule has 2 rings (SSSR count). The molecule has 1 aromatic rings. The highest BCUT2D eigenvalue weighted by Gasteiger charge is 2.19. The summed E-state index contributed by atoms with van der Waals surface area (Å²) in [6.07, 6.45) is 4.06. The van der Waals surface area contributed by atoms with Crippen LogP contribution in [0.3, 0.4) is 0 Å². The van der Waals surface area contributed by atoms with Gasteiger partial charge in [-0.05, 0) is 59.1 Å². The number of hydrogen-bond donors (Lipinski definition) is 0. The second-order valence-electron chi connectivity index (χ2n) is 7.66. The highest BCUT2D eigenvalue weighted by Crippen LogP contribution is 2.37. The Labute approximate surface area is 178 Å². The molecule has 1 aromatic carbocycles. The Morgan fingerprint density at radius 2 is 1.79 bits per heavy atom. The molecule has 29 heavy (non-hydrogen) atoms. The molecule has 0 N–H and O–H groups in total. The average molecular weight is 418 g/mol. The van der Waals surface area contributed by atoms with Crippen LogP contribution in [-0.4, -0.2) is 36.5 Å². The molecule has 0 unspecified atom stereocenters. The zero-order valence-corrected chi connectivity index (χ0v) is 19.0. The topological polar surface area (TPSA) is 55.8 Å². The summed E-state index contributed by atoms with van der Waals surface area (Å²) < 4.78 is 10.6. The van der Waals surface area contributed by atoms with E-state index in [0.29, 0.717) is 18.9 Å². The molecule has 0 radical (unpaired) electrons. The summed E-state index contributed by atoms with van der Waals surface area (Å²) in [5.41, 5.74) is 3.12. The average Bonchev–Trinajstić information content (AvgIpc) is 2.62. The summed E-state index contributed by atoms with van der Waals surface area (Å²) in [5.74, 6) is 0.601. The van der Waals surface area contributed by atoms with Gasteiger partial charge in [-0.2, -0.15) is 0 Å². The van der Waals surface area contributed by atoms with Crippen molar-refractivity contribution in [3.05, 3.63) is 45.3 Å². The lowest BCUT2D eigenvalue weighted by atomic mass is 9.91. The summed E-state index contributed by atoms with van der Waals surface area (Å²) in [6, 6.07) is 4.19. The van der Waals surface area contributed by atoms with Gasteiger partial charge in [-0.25, -0.2) is 0 Å². The van der Waals surface area contributed by atoms with Gasteiger partial charge in [-0.3, -0.25) is 9.59 Å². The molecular weight excluding hydrogens is 386 g/mol. The number of ether oxygens (including phenoxy) is 2. The SMILES string of the molecule is CCOC(=O)CN1C=CSC(=Cc2cc(C(C)C)c(OC(C)=O)c(C(C)C)c2)C1. The summed E-state index contributed by atoms with van der Waals surface area (Å²) in [5, 5.41) is 1.98. The Balaban J connectivity index is 2.35. The zero-order chi connectivity index (χ0) is 21.6. The van der Waals surface area contributed by atoms with Gasteiger partial charge in [-0.15, -0.1) is 0 Å². The van der Waals surface area contributed by atoms with E-state index < -0.39 is 0 Å². The third-order valence-corrected chi connectivity index (χ3v) is 5.28. The van der Waals surface area contributed by atoms with Gasteiger partial charge in [-0.1, -0.05) is 39.5 Å². The van der Waals surface area contributed by atoms with Crippen molar-refractivity contribution in [3.63, 3.8) is 0 Å². The highest BCUT2D eigenvalue weighted by molar-refractivity contribution is 8.06. The van der Waals surface area contributed by atoms with Crippen molar-refractivity contribution >= 4 is 29.8 Å². The first kappa shape index (κ1) is 23.1. The molecule has 0 aromatic heterocycles. The first-order chi connectivity index (χ1) is 13.7. The normalized spacial score (nSPS) is 15.3. The lowest BCUT2D eigenvalue weighted by molar-refractivity contribution is -0.143. The molecule has 0 bridgehead atoms. The quantitative estimate of drug-likeness (QED) is 0.444. The number of rotatable bonds is 7. The smallest absolute Gasteiger partial charge is 0.325 e. The molecule has 0 saturated carbocycles. The first-order valence-electron chi connectivity index (χ1n) is 10.0. The molecule has 0 saturated heterocycles. The summed E-state index contributed by atoms with van der Waals surface area (Å²) in [4.78, 5) is 26.5. The predicted octanol–water partition coefficient (Wildman–Crippen LogP) is 5.28. The van der Waals surface area contributed by atoms with Gasteiger partial charge in [0.25, 0.3) is 0 Å². The van der Waals surface area contributed by atoms with Crippen LogP contribution in [0, 0.1) is 0 Å². The van der Waals surface area contributed by atoms with Crippen molar-refractivity contribution < 1.29 is 19.1 Å². The lowest BCUT2D eigenvalue weighted by Gasteiger charge is -2.24. The van der Waals surface area contributed by atoms with Crippen LogP contribution in [-0.2, 0) is 14.3 Å². The van der Waals surface area contributed by atoms with Crippen molar-refractivity contribution in [1.82, 2.24) is 4.90 Å². The van der Waals surface area contributed by atoms with E-state index in [1.54, 1.807) is 11.8 Å². The molecule has 0 aliphatic carbocycles. The maximum atomic E-state index is 11.8. The molecule has 0 amide bonds. The van der Waals surface area contributed by atoms with Crippen molar-refractivity contribution in [3.8, 4) is 5.75 Å². The van der Waals surface area contributed by atoms with E-state index in [1.165, 1.54) is 6.92 Å². The summed E-state index contributed by atoms with van der Waals surface area (Å²) in [6.45, 7) is 12.9. The first-order valence-corrected chi connectivity index (χ1v) is 10.9. The fraction of sp³-hybridized carbons (Fsp3) is 0.478. The minimum Gasteiger partial charge on any atom is -0.465 e. The van der Waals surface area contributed by atoms with Crippen LogP contribution in [0.4, 0.5) is 0 Å². The predicted molar refractivity (Wildman–Crippen MR) is 119 cm³/mol. The second-order valence-corrected chi connectivity index (χ2v) is 8.69. The lowest BCUT2D eigenvalue weighted by Crippen LogP contribution is -2.29. The molecule has 0 spiro atoms. The summed E-state index contributed by atoms with van der Waals surface area (Å²) in [7, 11) is 0. The number of carbonyl (C=O) groups excluding carboxylic acids is 2. The van der Waals surface area contributed by atoms with Crippen LogP contribution in [0.25, 0.3) is 6.08 Å². The molecule has 6 heteroatoms. The van der Waals surface area contributed by atoms with Crippen molar-refractivity contribution in [2.45, 2.75) is 53.4 Å². The third-order valence-electron chi connectivity index (χ3n) is 4.47. The fourth-order valence-corrected chi connectivity index (χ4v) is 3.99. The molecule has 158 valence electrons. The van der Waals surface area contributed by atoms with E-state index in [-0.39, 0.29) is 30.3 Å². The van der Waals surface area contributed by atoms with Crippen molar-refractivity contribution in [2.24, 2.45) is 0 Å². The van der Waals surface area contributed by atoms with E-state index in [2.05, 4.69) is 45.9 Å². The Bertz CT molecular complexity index is 782. The van der Waals surface area contributed by atoms with Crippen LogP contribution >= 0.6 is 11.8 Å². The van der Waals surface area contributed by atoms with Gasteiger partial charge in [0.1, 0.15) is 12.3 Å². The molecule has 5 nitrogen and oxygen atoms in total. The Kier molecular flexibility index (Phi) is 8.38. The minimum absolute atomic E-state index is 0.222. The summed E-state index contributed by atoms with van der Waals surface area (Å²) >= 11 is 1.65. The van der Waals surface area contributed by atoms with Gasteiger partial charge in [0.05, 0.1) is 6.61 Å². The number of hydrogen-bond acceptors (Lipinski definition) is 6. The van der Waals surface area contributed by atoms with Crippen LogP contribution < -0.4 is 4.74 Å². The van der Waals surface area contributed by atoms with Crippen LogP contribution in [0.5, 0.6) is 5.75 Å². The largest absolute Gasteiger partial charge is 0.465 e. The van der Waals surface area contributed by atoms with E-state index >= 15 is 0 Å². The van der Waals surface area contributed by atoms with Crippen LogP contribution in [0.15, 0.2) is 28.6 Å². The zero-order valence-electron chi connectivity index (χ0n) is 18.2. The number of carbonyl (C=O) groups is 2. The van der Waals surface area contributed by atoms with E-state index in [0.717, 1.165) is 21.6 Å². The Morgan fingerprint density at radius 3 is 2.31 bits per heavy atom. The fourth-order valence-electron chi connectivity index (χ4n) is 3.14. The molecule has 1 aliphatic heterocycles. The van der Waals surface area contributed by atoms with Gasteiger partial charge in [0.2, 0.25) is 0 Å². The van der Waals surface area contributed by atoms with Gasteiger partial charge in [0.15, 0.2) is 0 Å². The maximum absolute atomic E-state index is 11.8. The molecular formula is C23H31NO4S. The number of thioether (sulfide) groups is 1. The molecule has 1 heterocycles. The second kappa shape index (κ2) is 10.5. The molecule has 0 atom stereocenters. The van der Waals surface area contributed by atoms with Crippen molar-refractivity contribution in [2.75, 3.05) is 19.7 Å². The van der Waals surface area contributed by atoms with Crippen LogP contribution in [0.1, 0.15) is 70.1 Å². The van der Waals surface area contributed by atoms with Gasteiger partial charge < -0.3 is 14.4 Å². The molecule has 1 aliphatic rings. The number of benzene rings is 1. The standard InChI is InChI=1S/C23H31NO4S/c1-7-27-22(26)14-24-8-9-29-19(13-24)10-18-11-20(15(2)3)23(28-17(6)25)21(12-18)16(4)5/h8-12,15-16H,7,13-14H2,1-6H3. The number of nitrogens with zero attached hydrogens (tertiary/aromatic N) is 1. The highest BCUT2D eigenvalue weighted by atomic mass is 32.2. The van der Waals surface area contributed by atoms with Crippen molar-refractivity contribution in [1.29, 1.82) is 0 Å². The molecule has 0 fully saturated rings. The maximum Gasteiger partial charge on any atom is 0.325 e. The number of esters is 2. The van der Waals surface area contributed by atoms with Crippen LogP contribution in [0.2, 0.25) is 0 Å². The van der Waals surface area contributed by atoms with E-state index in [1.807, 2.05) is 23.4 Å². The van der Waals surface area contributed by atoms with Gasteiger partial charge in [0, 0.05) is 24.6 Å².